The van der Waals surface area contributed by atoms with Crippen LogP contribution >= 0.6 is 31.9 Å². The summed E-state index contributed by atoms with van der Waals surface area (Å²) >= 11 is 6.91. The van der Waals surface area contributed by atoms with Crippen molar-refractivity contribution >= 4 is 37.8 Å². The summed E-state index contributed by atoms with van der Waals surface area (Å²) in [5, 5.41) is 3.48. The lowest BCUT2D eigenvalue weighted by Crippen LogP contribution is -2.42. The SMILES string of the molecule is CC(C)CN(CC1CCCN1)C(=O)c1cc(Br)cc(Br)c1. The topological polar surface area (TPSA) is 32.3 Å². The third-order valence-electron chi connectivity index (χ3n) is 3.59. The van der Waals surface area contributed by atoms with Crippen molar-refractivity contribution in [2.45, 2.75) is 32.7 Å². The molecule has 1 aliphatic rings. The Bertz CT molecular complexity index is 479. The zero-order chi connectivity index (χ0) is 15.4. The van der Waals surface area contributed by atoms with E-state index in [0.717, 1.165) is 40.6 Å². The summed E-state index contributed by atoms with van der Waals surface area (Å²) in [6.45, 7) is 6.96. The molecule has 1 fully saturated rings. The van der Waals surface area contributed by atoms with Gasteiger partial charge in [0.1, 0.15) is 0 Å². The standard InChI is InChI=1S/C16H22Br2N2O/c1-11(2)9-20(10-15-4-3-5-19-15)16(21)12-6-13(17)8-14(18)7-12/h6-8,11,15,19H,3-5,9-10H2,1-2H3. The second-order valence-corrected chi connectivity index (χ2v) is 7.89. The molecular formula is C16H22Br2N2O. The molecule has 0 aromatic heterocycles. The monoisotopic (exact) mass is 416 g/mol. The van der Waals surface area contributed by atoms with E-state index in [4.69, 9.17) is 0 Å². The first-order valence-corrected chi connectivity index (χ1v) is 9.03. The van der Waals surface area contributed by atoms with Gasteiger partial charge in [0.25, 0.3) is 5.91 Å². The molecule has 21 heavy (non-hydrogen) atoms. The summed E-state index contributed by atoms with van der Waals surface area (Å²) in [7, 11) is 0. The number of nitrogens with one attached hydrogen (secondary N) is 1. The highest BCUT2D eigenvalue weighted by Crippen LogP contribution is 2.22. The van der Waals surface area contributed by atoms with Crippen molar-refractivity contribution in [3.05, 3.63) is 32.7 Å². The number of rotatable bonds is 5. The molecule has 1 heterocycles. The Morgan fingerprint density at radius 2 is 2.00 bits per heavy atom. The van der Waals surface area contributed by atoms with Crippen LogP contribution in [0.4, 0.5) is 0 Å². The van der Waals surface area contributed by atoms with Crippen molar-refractivity contribution in [2.24, 2.45) is 5.92 Å². The van der Waals surface area contributed by atoms with Gasteiger partial charge in [0.05, 0.1) is 0 Å². The molecule has 1 amide bonds. The molecular weight excluding hydrogens is 396 g/mol. The van der Waals surface area contributed by atoms with Crippen LogP contribution in [0.1, 0.15) is 37.0 Å². The summed E-state index contributed by atoms with van der Waals surface area (Å²) in [4.78, 5) is 14.8. The number of amides is 1. The van der Waals surface area contributed by atoms with Crippen LogP contribution in [-0.4, -0.2) is 36.5 Å². The Morgan fingerprint density at radius 3 is 2.52 bits per heavy atom. The van der Waals surface area contributed by atoms with Gasteiger partial charge in [-0.05, 0) is 43.5 Å². The lowest BCUT2D eigenvalue weighted by Gasteiger charge is -2.27. The lowest BCUT2D eigenvalue weighted by atomic mass is 10.1. The second-order valence-electron chi connectivity index (χ2n) is 6.06. The van der Waals surface area contributed by atoms with Crippen LogP contribution in [0.2, 0.25) is 0 Å². The normalized spacial score (nSPS) is 18.2. The minimum atomic E-state index is 0.111. The summed E-state index contributed by atoms with van der Waals surface area (Å²) in [6, 6.07) is 6.16. The molecule has 3 nitrogen and oxygen atoms in total. The number of halogens is 2. The predicted octanol–water partition coefficient (Wildman–Crippen LogP) is 4.06. The van der Waals surface area contributed by atoms with Crippen LogP contribution in [0.25, 0.3) is 0 Å². The highest BCUT2D eigenvalue weighted by atomic mass is 79.9. The van der Waals surface area contributed by atoms with Crippen LogP contribution in [0.3, 0.4) is 0 Å². The van der Waals surface area contributed by atoms with Crippen LogP contribution in [0.5, 0.6) is 0 Å². The van der Waals surface area contributed by atoms with Crippen molar-refractivity contribution < 1.29 is 4.79 Å². The van der Waals surface area contributed by atoms with Gasteiger partial charge in [-0.25, -0.2) is 0 Å². The number of benzene rings is 1. The van der Waals surface area contributed by atoms with Gasteiger partial charge < -0.3 is 10.2 Å². The maximum absolute atomic E-state index is 12.8. The summed E-state index contributed by atoms with van der Waals surface area (Å²) in [5.41, 5.74) is 0.731. The largest absolute Gasteiger partial charge is 0.337 e. The molecule has 0 spiro atoms. The Morgan fingerprint density at radius 1 is 1.33 bits per heavy atom. The van der Waals surface area contributed by atoms with Gasteiger partial charge in [-0.3, -0.25) is 4.79 Å². The van der Waals surface area contributed by atoms with E-state index in [0.29, 0.717) is 12.0 Å². The van der Waals surface area contributed by atoms with Crippen molar-refractivity contribution in [1.82, 2.24) is 10.2 Å². The molecule has 1 unspecified atom stereocenters. The van der Waals surface area contributed by atoms with E-state index < -0.39 is 0 Å². The first-order valence-electron chi connectivity index (χ1n) is 7.44. The van der Waals surface area contributed by atoms with E-state index in [1.54, 1.807) is 0 Å². The highest BCUT2D eigenvalue weighted by Gasteiger charge is 2.23. The van der Waals surface area contributed by atoms with Gasteiger partial charge in [0.15, 0.2) is 0 Å². The predicted molar refractivity (Wildman–Crippen MR) is 93.6 cm³/mol. The van der Waals surface area contributed by atoms with Crippen molar-refractivity contribution in [3.8, 4) is 0 Å². The van der Waals surface area contributed by atoms with E-state index in [1.807, 2.05) is 23.1 Å². The molecule has 116 valence electrons. The van der Waals surface area contributed by atoms with Gasteiger partial charge in [-0.15, -0.1) is 0 Å². The molecule has 2 rings (SSSR count). The molecule has 1 aromatic rings. The number of carbonyl (C=O) groups excluding carboxylic acids is 1. The van der Waals surface area contributed by atoms with E-state index in [2.05, 4.69) is 51.0 Å². The minimum absolute atomic E-state index is 0.111. The first-order chi connectivity index (χ1) is 9.95. The number of nitrogens with zero attached hydrogens (tertiary/aromatic N) is 1. The minimum Gasteiger partial charge on any atom is -0.337 e. The Labute approximate surface area is 143 Å². The summed E-state index contributed by atoms with van der Waals surface area (Å²) in [6.07, 6.45) is 2.36. The van der Waals surface area contributed by atoms with Gasteiger partial charge in [-0.1, -0.05) is 45.7 Å². The molecule has 5 heteroatoms. The number of hydrogen-bond acceptors (Lipinski definition) is 2. The van der Waals surface area contributed by atoms with E-state index in [-0.39, 0.29) is 5.91 Å². The Kier molecular flexibility index (Phi) is 6.26. The number of hydrogen-bond donors (Lipinski definition) is 1. The van der Waals surface area contributed by atoms with Crippen molar-refractivity contribution in [1.29, 1.82) is 0 Å². The molecule has 1 saturated heterocycles. The number of carbonyl (C=O) groups is 1. The zero-order valence-corrected chi connectivity index (χ0v) is 15.7. The average Bonchev–Trinajstić information content (AvgIpc) is 2.88. The fraction of sp³-hybridized carbons (Fsp3) is 0.562. The van der Waals surface area contributed by atoms with Gasteiger partial charge >= 0.3 is 0 Å². The van der Waals surface area contributed by atoms with Crippen LogP contribution in [0, 0.1) is 5.92 Å². The van der Waals surface area contributed by atoms with Gasteiger partial charge in [0.2, 0.25) is 0 Å². The molecule has 1 aromatic carbocycles. The fourth-order valence-corrected chi connectivity index (χ4v) is 4.01. The van der Waals surface area contributed by atoms with Crippen LogP contribution in [0.15, 0.2) is 27.1 Å². The van der Waals surface area contributed by atoms with E-state index in [9.17, 15) is 4.79 Å². The van der Waals surface area contributed by atoms with Crippen molar-refractivity contribution in [3.63, 3.8) is 0 Å². The zero-order valence-electron chi connectivity index (χ0n) is 12.5. The maximum atomic E-state index is 12.8. The van der Waals surface area contributed by atoms with Gasteiger partial charge in [0, 0.05) is 33.6 Å². The third-order valence-corrected chi connectivity index (χ3v) is 4.50. The molecule has 1 aliphatic heterocycles. The molecule has 1 atom stereocenters. The summed E-state index contributed by atoms with van der Waals surface area (Å²) < 4.78 is 1.84. The molecule has 1 N–H and O–H groups in total. The highest BCUT2D eigenvalue weighted by molar-refractivity contribution is 9.11. The first kappa shape index (κ1) is 17.0. The molecule has 0 aliphatic carbocycles. The smallest absolute Gasteiger partial charge is 0.253 e. The Hall–Kier alpha value is -0.390. The quantitative estimate of drug-likeness (QED) is 0.783. The molecule has 0 saturated carbocycles. The van der Waals surface area contributed by atoms with E-state index >= 15 is 0 Å². The van der Waals surface area contributed by atoms with Crippen LogP contribution in [-0.2, 0) is 0 Å². The van der Waals surface area contributed by atoms with Crippen LogP contribution < -0.4 is 5.32 Å². The fourth-order valence-electron chi connectivity index (χ4n) is 2.72. The van der Waals surface area contributed by atoms with E-state index in [1.165, 1.54) is 6.42 Å². The van der Waals surface area contributed by atoms with Gasteiger partial charge in [-0.2, -0.15) is 0 Å². The second kappa shape index (κ2) is 7.75. The Balaban J connectivity index is 2.15. The molecule has 0 radical (unpaired) electrons. The molecule has 0 bridgehead atoms. The average molecular weight is 418 g/mol. The lowest BCUT2D eigenvalue weighted by molar-refractivity contribution is 0.0721. The maximum Gasteiger partial charge on any atom is 0.253 e. The third kappa shape index (κ3) is 5.08. The summed E-state index contributed by atoms with van der Waals surface area (Å²) in [5.74, 6) is 0.574. The van der Waals surface area contributed by atoms with Crippen molar-refractivity contribution in [2.75, 3.05) is 19.6 Å².